The van der Waals surface area contributed by atoms with Crippen LogP contribution in [0.15, 0.2) is 34.8 Å². The molecule has 0 saturated heterocycles. The van der Waals surface area contributed by atoms with Crippen molar-refractivity contribution < 1.29 is 0 Å². The number of thiophene rings is 1. The van der Waals surface area contributed by atoms with Crippen molar-refractivity contribution >= 4 is 65.8 Å². The van der Waals surface area contributed by atoms with E-state index >= 15 is 0 Å². The zero-order valence-corrected chi connectivity index (χ0v) is 14.7. The van der Waals surface area contributed by atoms with E-state index < -0.39 is 0 Å². The second kappa shape index (κ2) is 5.50. The molecule has 0 nitrogen and oxygen atoms in total. The summed E-state index contributed by atoms with van der Waals surface area (Å²) in [5, 5.41) is 0. The van der Waals surface area contributed by atoms with E-state index in [2.05, 4.69) is 91.7 Å². The maximum Gasteiger partial charge on any atom is 0.0738 e. The predicted molar refractivity (Wildman–Crippen MR) is 86.7 cm³/mol. The SMILES string of the molecule is Cc1sc(C(Br)c2ccc(I)cc2)cc1Br. The Hall–Kier alpha value is 0.610. The first kappa shape index (κ1) is 13.1. The zero-order valence-electron chi connectivity index (χ0n) is 8.51. The minimum atomic E-state index is 0.291. The number of hydrogen-bond acceptors (Lipinski definition) is 1. The Morgan fingerprint density at radius 3 is 2.38 bits per heavy atom. The van der Waals surface area contributed by atoms with Gasteiger partial charge in [-0.15, -0.1) is 11.3 Å². The van der Waals surface area contributed by atoms with Gasteiger partial charge in [0.15, 0.2) is 0 Å². The normalized spacial score (nSPS) is 12.8. The third kappa shape index (κ3) is 2.89. The van der Waals surface area contributed by atoms with Crippen LogP contribution in [0.3, 0.4) is 0 Å². The van der Waals surface area contributed by atoms with E-state index in [1.807, 2.05) is 11.3 Å². The van der Waals surface area contributed by atoms with Crippen molar-refractivity contribution in [2.45, 2.75) is 11.8 Å². The number of hydrogen-bond donors (Lipinski definition) is 0. The van der Waals surface area contributed by atoms with Crippen LogP contribution in [0.2, 0.25) is 0 Å². The molecular weight excluding hydrogens is 463 g/mol. The number of alkyl halides is 1. The molecule has 0 fully saturated rings. The molecule has 0 aliphatic heterocycles. The van der Waals surface area contributed by atoms with Gasteiger partial charge in [0.1, 0.15) is 0 Å². The monoisotopic (exact) mass is 470 g/mol. The Labute approximate surface area is 130 Å². The second-order valence-corrected chi connectivity index (χ2v) is 7.77. The van der Waals surface area contributed by atoms with Crippen LogP contribution >= 0.6 is 65.8 Å². The van der Waals surface area contributed by atoms with Gasteiger partial charge in [0, 0.05) is 17.8 Å². The standard InChI is InChI=1S/C12H9Br2IS/c1-7-10(13)6-11(16-7)12(14)8-2-4-9(15)5-3-8/h2-6,12H,1H3. The van der Waals surface area contributed by atoms with E-state index in [1.165, 1.54) is 23.4 Å². The summed E-state index contributed by atoms with van der Waals surface area (Å²) < 4.78 is 2.46. The quantitative estimate of drug-likeness (QED) is 0.377. The molecule has 0 spiro atoms. The first-order chi connectivity index (χ1) is 7.58. The molecule has 0 aliphatic carbocycles. The summed E-state index contributed by atoms with van der Waals surface area (Å²) >= 11 is 11.5. The van der Waals surface area contributed by atoms with Crippen LogP contribution in [0.1, 0.15) is 20.1 Å². The molecule has 0 aliphatic rings. The van der Waals surface area contributed by atoms with Crippen molar-refractivity contribution in [2.24, 2.45) is 0 Å². The van der Waals surface area contributed by atoms with Gasteiger partial charge < -0.3 is 0 Å². The predicted octanol–water partition coefficient (Wildman–Crippen LogP) is 5.91. The summed E-state index contributed by atoms with van der Waals surface area (Å²) in [4.78, 5) is 2.95. The van der Waals surface area contributed by atoms with Crippen molar-refractivity contribution in [3.05, 3.63) is 53.7 Å². The Morgan fingerprint density at radius 1 is 1.25 bits per heavy atom. The van der Waals surface area contributed by atoms with Crippen LogP contribution in [0.25, 0.3) is 0 Å². The van der Waals surface area contributed by atoms with Gasteiger partial charge in [-0.2, -0.15) is 0 Å². The Bertz CT molecular complexity index is 471. The van der Waals surface area contributed by atoms with Crippen LogP contribution in [-0.2, 0) is 0 Å². The van der Waals surface area contributed by atoms with E-state index in [1.54, 1.807) is 0 Å². The highest BCUT2D eigenvalue weighted by Gasteiger charge is 2.14. The topological polar surface area (TPSA) is 0 Å². The number of aryl methyl sites for hydroxylation is 1. The van der Waals surface area contributed by atoms with E-state index in [4.69, 9.17) is 0 Å². The molecule has 1 heterocycles. The molecule has 0 N–H and O–H groups in total. The van der Waals surface area contributed by atoms with Crippen molar-refractivity contribution in [2.75, 3.05) is 0 Å². The van der Waals surface area contributed by atoms with E-state index in [-0.39, 0.29) is 0 Å². The Kier molecular flexibility index (Phi) is 4.49. The lowest BCUT2D eigenvalue weighted by atomic mass is 10.1. The summed E-state index contributed by atoms with van der Waals surface area (Å²) in [5.41, 5.74) is 1.30. The molecule has 1 atom stereocenters. The lowest BCUT2D eigenvalue weighted by Crippen LogP contribution is -1.88. The highest BCUT2D eigenvalue weighted by molar-refractivity contribution is 14.1. The molecule has 1 unspecified atom stereocenters. The number of halogens is 3. The summed E-state index contributed by atoms with van der Waals surface area (Å²) in [6.45, 7) is 2.13. The van der Waals surface area contributed by atoms with Crippen LogP contribution in [0.4, 0.5) is 0 Å². The molecule has 1 aromatic carbocycles. The average Bonchev–Trinajstić information content (AvgIpc) is 2.59. The van der Waals surface area contributed by atoms with Gasteiger partial charge in [-0.1, -0.05) is 28.1 Å². The van der Waals surface area contributed by atoms with Crippen LogP contribution in [0.5, 0.6) is 0 Å². The Morgan fingerprint density at radius 2 is 1.88 bits per heavy atom. The minimum absolute atomic E-state index is 0.291. The van der Waals surface area contributed by atoms with Crippen LogP contribution < -0.4 is 0 Å². The summed E-state index contributed by atoms with van der Waals surface area (Å²) in [5.74, 6) is 0. The molecule has 2 aromatic rings. The van der Waals surface area contributed by atoms with Crippen molar-refractivity contribution in [1.29, 1.82) is 0 Å². The molecule has 0 amide bonds. The molecule has 1 aromatic heterocycles. The fraction of sp³-hybridized carbons (Fsp3) is 0.167. The highest BCUT2D eigenvalue weighted by Crippen LogP contribution is 2.38. The van der Waals surface area contributed by atoms with Crippen LogP contribution in [-0.4, -0.2) is 0 Å². The van der Waals surface area contributed by atoms with Crippen LogP contribution in [0, 0.1) is 10.5 Å². The molecule has 0 bridgehead atoms. The molecule has 0 radical (unpaired) electrons. The summed E-state index contributed by atoms with van der Waals surface area (Å²) in [6.07, 6.45) is 0. The average molecular weight is 472 g/mol. The number of rotatable bonds is 2. The van der Waals surface area contributed by atoms with Gasteiger partial charge >= 0.3 is 0 Å². The van der Waals surface area contributed by atoms with Crippen molar-refractivity contribution in [3.63, 3.8) is 0 Å². The molecule has 16 heavy (non-hydrogen) atoms. The van der Waals surface area contributed by atoms with Gasteiger partial charge in [0.2, 0.25) is 0 Å². The molecule has 0 saturated carbocycles. The van der Waals surface area contributed by atoms with E-state index in [0.717, 1.165) is 0 Å². The van der Waals surface area contributed by atoms with Gasteiger partial charge in [-0.3, -0.25) is 0 Å². The summed E-state index contributed by atoms with van der Waals surface area (Å²) in [6, 6.07) is 10.8. The molecule has 2 rings (SSSR count). The zero-order chi connectivity index (χ0) is 11.7. The smallest absolute Gasteiger partial charge is 0.0738 e. The minimum Gasteiger partial charge on any atom is -0.143 e. The fourth-order valence-corrected chi connectivity index (χ4v) is 4.05. The third-order valence-corrected chi connectivity index (χ3v) is 6.53. The third-order valence-electron chi connectivity index (χ3n) is 2.29. The lowest BCUT2D eigenvalue weighted by Gasteiger charge is -2.07. The summed E-state index contributed by atoms with van der Waals surface area (Å²) in [7, 11) is 0. The van der Waals surface area contributed by atoms with Crippen molar-refractivity contribution in [1.82, 2.24) is 0 Å². The fourth-order valence-electron chi connectivity index (χ4n) is 1.40. The molecule has 84 valence electrons. The van der Waals surface area contributed by atoms with E-state index in [9.17, 15) is 0 Å². The maximum absolute atomic E-state index is 3.75. The lowest BCUT2D eigenvalue weighted by molar-refractivity contribution is 1.22. The van der Waals surface area contributed by atoms with Gasteiger partial charge in [0.05, 0.1) is 4.83 Å². The number of benzene rings is 1. The van der Waals surface area contributed by atoms with Gasteiger partial charge in [-0.05, 0) is 69.2 Å². The van der Waals surface area contributed by atoms with Gasteiger partial charge in [0.25, 0.3) is 0 Å². The maximum atomic E-state index is 3.75. The second-order valence-electron chi connectivity index (χ2n) is 3.47. The molecule has 4 heteroatoms. The van der Waals surface area contributed by atoms with E-state index in [0.29, 0.717) is 4.83 Å². The first-order valence-corrected chi connectivity index (χ1v) is 8.33. The highest BCUT2D eigenvalue weighted by atomic mass is 127. The van der Waals surface area contributed by atoms with Crippen molar-refractivity contribution in [3.8, 4) is 0 Å². The molecular formula is C12H9Br2IS. The Balaban J connectivity index is 2.31. The first-order valence-electron chi connectivity index (χ1n) is 4.73. The van der Waals surface area contributed by atoms with Gasteiger partial charge in [-0.25, -0.2) is 0 Å². The largest absolute Gasteiger partial charge is 0.143 e.